The molecule has 1 aliphatic rings. The van der Waals surface area contributed by atoms with Crippen LogP contribution in [0.3, 0.4) is 0 Å². The first-order chi connectivity index (χ1) is 6.00. The standard InChI is InChI=1S/C8H16N2O2S/c1-6(13(2)12)4-10-5-7(9)3-8(10)11/h6-7H,3-5,9H2,1-2H3. The molecule has 2 N–H and O–H groups in total. The van der Waals surface area contributed by atoms with E-state index in [4.69, 9.17) is 5.73 Å². The second-order valence-corrected chi connectivity index (χ2v) is 5.37. The Hall–Kier alpha value is -0.420. The first-order valence-corrected chi connectivity index (χ1v) is 5.98. The van der Waals surface area contributed by atoms with Crippen molar-refractivity contribution in [1.82, 2.24) is 4.90 Å². The third kappa shape index (κ3) is 2.77. The van der Waals surface area contributed by atoms with E-state index in [1.165, 1.54) is 0 Å². The number of likely N-dealkylation sites (tertiary alicyclic amines) is 1. The van der Waals surface area contributed by atoms with Gasteiger partial charge in [-0.25, -0.2) is 0 Å². The van der Waals surface area contributed by atoms with Crippen LogP contribution in [0.2, 0.25) is 0 Å². The Morgan fingerprint density at radius 2 is 2.38 bits per heavy atom. The van der Waals surface area contributed by atoms with Gasteiger partial charge in [0.25, 0.3) is 0 Å². The van der Waals surface area contributed by atoms with Crippen molar-refractivity contribution in [3.8, 4) is 0 Å². The Morgan fingerprint density at radius 1 is 1.77 bits per heavy atom. The third-order valence-corrected chi connectivity index (χ3v) is 3.57. The summed E-state index contributed by atoms with van der Waals surface area (Å²) in [5.74, 6) is 0.0878. The van der Waals surface area contributed by atoms with Crippen LogP contribution in [0.4, 0.5) is 0 Å². The molecule has 0 aromatic rings. The van der Waals surface area contributed by atoms with Crippen LogP contribution >= 0.6 is 0 Å². The zero-order valence-electron chi connectivity index (χ0n) is 8.03. The van der Waals surface area contributed by atoms with E-state index < -0.39 is 10.8 Å². The topological polar surface area (TPSA) is 63.4 Å². The maximum Gasteiger partial charge on any atom is 0.224 e. The summed E-state index contributed by atoms with van der Waals surface area (Å²) in [6.07, 6.45) is 2.09. The molecule has 3 unspecified atom stereocenters. The number of rotatable bonds is 3. The monoisotopic (exact) mass is 204 g/mol. The molecule has 0 spiro atoms. The molecule has 76 valence electrons. The van der Waals surface area contributed by atoms with Crippen LogP contribution in [0.15, 0.2) is 0 Å². The Labute approximate surface area is 80.9 Å². The summed E-state index contributed by atoms with van der Waals surface area (Å²) >= 11 is 0. The number of nitrogens with zero attached hydrogens (tertiary/aromatic N) is 1. The van der Waals surface area contributed by atoms with Gasteiger partial charge >= 0.3 is 0 Å². The molecule has 0 radical (unpaired) electrons. The highest BCUT2D eigenvalue weighted by molar-refractivity contribution is 7.84. The summed E-state index contributed by atoms with van der Waals surface area (Å²) in [5, 5.41) is 0.0363. The number of hydrogen-bond donors (Lipinski definition) is 1. The van der Waals surface area contributed by atoms with Crippen molar-refractivity contribution in [2.75, 3.05) is 19.3 Å². The molecule has 1 rings (SSSR count). The van der Waals surface area contributed by atoms with E-state index in [1.54, 1.807) is 11.2 Å². The molecule has 0 aromatic heterocycles. The average Bonchev–Trinajstić information content (AvgIpc) is 2.30. The number of amides is 1. The minimum Gasteiger partial charge on any atom is -0.340 e. The Balaban J connectivity index is 2.46. The van der Waals surface area contributed by atoms with Crippen molar-refractivity contribution in [1.29, 1.82) is 0 Å². The van der Waals surface area contributed by atoms with E-state index in [0.717, 1.165) is 0 Å². The Bertz CT molecular complexity index is 232. The average molecular weight is 204 g/mol. The normalized spacial score (nSPS) is 27.8. The molecule has 1 amide bonds. The van der Waals surface area contributed by atoms with Gasteiger partial charge in [-0.2, -0.15) is 0 Å². The minimum atomic E-state index is -0.867. The second kappa shape index (κ2) is 4.19. The van der Waals surface area contributed by atoms with Gasteiger partial charge in [-0.15, -0.1) is 0 Å². The number of nitrogens with two attached hydrogens (primary N) is 1. The molecule has 1 saturated heterocycles. The van der Waals surface area contributed by atoms with E-state index in [1.807, 2.05) is 6.92 Å². The van der Waals surface area contributed by atoms with Gasteiger partial charge in [0.2, 0.25) is 5.91 Å². The molecule has 0 bridgehead atoms. The quantitative estimate of drug-likeness (QED) is 0.662. The van der Waals surface area contributed by atoms with Gasteiger partial charge in [0, 0.05) is 47.9 Å². The lowest BCUT2D eigenvalue weighted by Crippen LogP contribution is -2.35. The van der Waals surface area contributed by atoms with E-state index >= 15 is 0 Å². The van der Waals surface area contributed by atoms with Gasteiger partial charge in [0.05, 0.1) is 0 Å². The summed E-state index contributed by atoms with van der Waals surface area (Å²) in [4.78, 5) is 13.0. The van der Waals surface area contributed by atoms with Crippen LogP contribution in [0.25, 0.3) is 0 Å². The summed E-state index contributed by atoms with van der Waals surface area (Å²) < 4.78 is 11.1. The van der Waals surface area contributed by atoms with Gasteiger partial charge in [0.15, 0.2) is 0 Å². The fraction of sp³-hybridized carbons (Fsp3) is 0.875. The van der Waals surface area contributed by atoms with Crippen LogP contribution in [0.1, 0.15) is 13.3 Å². The Morgan fingerprint density at radius 3 is 2.77 bits per heavy atom. The predicted molar refractivity (Wildman–Crippen MR) is 52.7 cm³/mol. The molecule has 13 heavy (non-hydrogen) atoms. The molecule has 1 heterocycles. The third-order valence-electron chi connectivity index (χ3n) is 2.29. The second-order valence-electron chi connectivity index (χ2n) is 3.57. The van der Waals surface area contributed by atoms with E-state index in [2.05, 4.69) is 0 Å². The van der Waals surface area contributed by atoms with E-state index in [9.17, 15) is 9.00 Å². The smallest absolute Gasteiger partial charge is 0.224 e. The predicted octanol–water partition coefficient (Wildman–Crippen LogP) is -0.687. The Kier molecular flexibility index (Phi) is 3.44. The van der Waals surface area contributed by atoms with Crippen molar-refractivity contribution < 1.29 is 9.00 Å². The summed E-state index contributed by atoms with van der Waals surface area (Å²) in [7, 11) is -0.867. The van der Waals surface area contributed by atoms with Gasteiger partial charge in [-0.05, 0) is 6.92 Å². The molecule has 0 aromatic carbocycles. The summed E-state index contributed by atoms with van der Waals surface area (Å²) in [6.45, 7) is 3.06. The van der Waals surface area contributed by atoms with E-state index in [0.29, 0.717) is 19.5 Å². The molecule has 3 atom stereocenters. The minimum absolute atomic E-state index is 0.0363. The number of hydrogen-bond acceptors (Lipinski definition) is 3. The first-order valence-electron chi connectivity index (χ1n) is 4.36. The zero-order chi connectivity index (χ0) is 10.0. The van der Waals surface area contributed by atoms with Gasteiger partial charge in [-0.3, -0.25) is 9.00 Å². The molecule has 0 saturated carbocycles. The maximum atomic E-state index is 11.3. The highest BCUT2D eigenvalue weighted by Gasteiger charge is 2.28. The number of carbonyl (C=O) groups excluding carboxylic acids is 1. The largest absolute Gasteiger partial charge is 0.340 e. The summed E-state index contributed by atoms with van der Waals surface area (Å²) in [5.41, 5.74) is 5.63. The molecule has 1 fully saturated rings. The van der Waals surface area contributed by atoms with Crippen molar-refractivity contribution in [3.63, 3.8) is 0 Å². The highest BCUT2D eigenvalue weighted by atomic mass is 32.2. The van der Waals surface area contributed by atoms with Gasteiger partial charge < -0.3 is 10.6 Å². The molecule has 5 heteroatoms. The van der Waals surface area contributed by atoms with Crippen LogP contribution in [-0.2, 0) is 15.6 Å². The zero-order valence-corrected chi connectivity index (χ0v) is 8.84. The fourth-order valence-corrected chi connectivity index (χ4v) is 1.78. The van der Waals surface area contributed by atoms with Crippen LogP contribution in [0.5, 0.6) is 0 Å². The fourth-order valence-electron chi connectivity index (χ4n) is 1.39. The van der Waals surface area contributed by atoms with Crippen molar-refractivity contribution in [3.05, 3.63) is 0 Å². The number of carbonyl (C=O) groups is 1. The highest BCUT2D eigenvalue weighted by Crippen LogP contribution is 2.10. The summed E-state index contributed by atoms with van der Waals surface area (Å²) in [6, 6.07) is -0.0370. The van der Waals surface area contributed by atoms with Crippen molar-refractivity contribution in [2.24, 2.45) is 5.73 Å². The first kappa shape index (κ1) is 10.7. The van der Waals surface area contributed by atoms with Crippen LogP contribution < -0.4 is 5.73 Å². The molecule has 1 aliphatic heterocycles. The molecular weight excluding hydrogens is 188 g/mol. The van der Waals surface area contributed by atoms with Crippen molar-refractivity contribution >= 4 is 16.7 Å². The lowest BCUT2D eigenvalue weighted by atomic mass is 10.3. The molecule has 0 aliphatic carbocycles. The SMILES string of the molecule is CC(CN1CC(N)CC1=O)S(C)=O. The van der Waals surface area contributed by atoms with Gasteiger partial charge in [0.1, 0.15) is 0 Å². The van der Waals surface area contributed by atoms with Crippen LogP contribution in [0, 0.1) is 0 Å². The lowest BCUT2D eigenvalue weighted by molar-refractivity contribution is -0.127. The van der Waals surface area contributed by atoms with Gasteiger partial charge in [-0.1, -0.05) is 0 Å². The van der Waals surface area contributed by atoms with E-state index in [-0.39, 0.29) is 17.2 Å². The van der Waals surface area contributed by atoms with Crippen molar-refractivity contribution in [2.45, 2.75) is 24.6 Å². The molecule has 4 nitrogen and oxygen atoms in total. The maximum absolute atomic E-state index is 11.3. The van der Waals surface area contributed by atoms with Crippen LogP contribution in [-0.4, -0.2) is 45.7 Å². The molecular formula is C8H16N2O2S. The lowest BCUT2D eigenvalue weighted by Gasteiger charge is -2.19.